The number of halogens is 2. The highest BCUT2D eigenvalue weighted by molar-refractivity contribution is 5.98. The first-order chi connectivity index (χ1) is 17.0. The number of aromatic nitrogens is 3. The summed E-state index contributed by atoms with van der Waals surface area (Å²) in [6, 6.07) is 11.8. The van der Waals surface area contributed by atoms with Gasteiger partial charge in [0.05, 0.1) is 31.7 Å². The van der Waals surface area contributed by atoms with Crippen molar-refractivity contribution in [3.05, 3.63) is 65.7 Å². The molecule has 35 heavy (non-hydrogen) atoms. The molecular formula is C24H22F2N6O3. The monoisotopic (exact) mass is 480 g/mol. The first kappa shape index (κ1) is 22.7. The number of carbonyl (C=O) groups is 1. The van der Waals surface area contributed by atoms with E-state index in [0.29, 0.717) is 65.7 Å². The van der Waals surface area contributed by atoms with Gasteiger partial charge in [-0.2, -0.15) is 5.10 Å². The maximum absolute atomic E-state index is 14.0. The number of H-pyrrole nitrogens is 1. The van der Waals surface area contributed by atoms with E-state index in [9.17, 15) is 13.6 Å². The number of hydrogen-bond donors (Lipinski definition) is 3. The Hall–Kier alpha value is -4.09. The molecular weight excluding hydrogens is 458 g/mol. The number of amides is 1. The normalized spacial score (nSPS) is 14.1. The number of rotatable bonds is 6. The Balaban J connectivity index is 1.44. The average molecular weight is 480 g/mol. The van der Waals surface area contributed by atoms with Gasteiger partial charge in [0.25, 0.3) is 5.91 Å². The van der Waals surface area contributed by atoms with Gasteiger partial charge in [0, 0.05) is 35.7 Å². The van der Waals surface area contributed by atoms with Crippen LogP contribution in [0, 0.1) is 11.6 Å². The number of hydrogen-bond acceptors (Lipinski definition) is 7. The summed E-state index contributed by atoms with van der Waals surface area (Å²) in [6.07, 6.45) is 0. The van der Waals surface area contributed by atoms with Crippen LogP contribution in [0.3, 0.4) is 0 Å². The number of fused-ring (bicyclic) bond motifs is 1. The SMILES string of the molecule is COc1ccc(C(=O)NN2CCOCC2)cc1-c1[nH]nc2nc(Nc3ccc(F)cc3F)ccc12. The van der Waals surface area contributed by atoms with Crippen molar-refractivity contribution in [2.24, 2.45) is 0 Å². The number of carbonyl (C=O) groups excluding carboxylic acids is 1. The Kier molecular flexibility index (Phi) is 6.25. The molecule has 0 atom stereocenters. The Bertz CT molecular complexity index is 1390. The fourth-order valence-electron chi connectivity index (χ4n) is 3.83. The number of aromatic amines is 1. The molecule has 0 aliphatic carbocycles. The topological polar surface area (TPSA) is 104 Å². The van der Waals surface area contributed by atoms with E-state index in [1.807, 2.05) is 5.01 Å². The first-order valence-electron chi connectivity index (χ1n) is 10.9. The molecule has 0 radical (unpaired) electrons. The first-order valence-corrected chi connectivity index (χ1v) is 10.9. The lowest BCUT2D eigenvalue weighted by atomic mass is 10.0. The molecule has 1 saturated heterocycles. The molecule has 9 nitrogen and oxygen atoms in total. The van der Waals surface area contributed by atoms with Gasteiger partial charge < -0.3 is 14.8 Å². The van der Waals surface area contributed by atoms with Crippen molar-refractivity contribution in [1.82, 2.24) is 25.6 Å². The van der Waals surface area contributed by atoms with Crippen LogP contribution < -0.4 is 15.5 Å². The molecule has 1 aliphatic heterocycles. The van der Waals surface area contributed by atoms with Crippen molar-refractivity contribution < 1.29 is 23.0 Å². The van der Waals surface area contributed by atoms with E-state index in [-0.39, 0.29) is 11.6 Å². The summed E-state index contributed by atoms with van der Waals surface area (Å²) in [6.45, 7) is 2.35. The van der Waals surface area contributed by atoms with Gasteiger partial charge in [-0.15, -0.1) is 0 Å². The lowest BCUT2D eigenvalue weighted by Gasteiger charge is -2.27. The van der Waals surface area contributed by atoms with Crippen LogP contribution in [0.5, 0.6) is 5.75 Å². The van der Waals surface area contributed by atoms with E-state index < -0.39 is 11.6 Å². The number of ether oxygens (including phenoxy) is 2. The smallest absolute Gasteiger partial charge is 0.265 e. The highest BCUT2D eigenvalue weighted by atomic mass is 19.1. The molecule has 1 amide bonds. The molecule has 0 saturated carbocycles. The molecule has 2 aromatic carbocycles. The van der Waals surface area contributed by atoms with Gasteiger partial charge in [-0.05, 0) is 42.5 Å². The minimum absolute atomic E-state index is 0.0923. The minimum atomic E-state index is -0.730. The average Bonchev–Trinajstić information content (AvgIpc) is 3.29. The van der Waals surface area contributed by atoms with Gasteiger partial charge >= 0.3 is 0 Å². The van der Waals surface area contributed by atoms with Crippen LogP contribution in [0.15, 0.2) is 48.5 Å². The summed E-state index contributed by atoms with van der Waals surface area (Å²) in [5, 5.41) is 12.6. The van der Waals surface area contributed by atoms with E-state index in [4.69, 9.17) is 9.47 Å². The van der Waals surface area contributed by atoms with E-state index >= 15 is 0 Å². The quantitative estimate of drug-likeness (QED) is 0.387. The fourth-order valence-corrected chi connectivity index (χ4v) is 3.83. The summed E-state index contributed by atoms with van der Waals surface area (Å²) in [7, 11) is 1.54. The summed E-state index contributed by atoms with van der Waals surface area (Å²) >= 11 is 0. The molecule has 4 aromatic rings. The third-order valence-electron chi connectivity index (χ3n) is 5.61. The zero-order valence-electron chi connectivity index (χ0n) is 18.8. The van der Waals surface area contributed by atoms with Gasteiger partial charge in [-0.25, -0.2) is 18.8 Å². The number of hydrazine groups is 1. The molecule has 1 aliphatic rings. The molecule has 180 valence electrons. The third kappa shape index (κ3) is 4.77. The van der Waals surface area contributed by atoms with Crippen LogP contribution in [0.1, 0.15) is 10.4 Å². The molecule has 3 heterocycles. The maximum atomic E-state index is 14.0. The molecule has 5 rings (SSSR count). The highest BCUT2D eigenvalue weighted by Crippen LogP contribution is 2.34. The molecule has 0 bridgehead atoms. The molecule has 11 heteroatoms. The minimum Gasteiger partial charge on any atom is -0.496 e. The van der Waals surface area contributed by atoms with Gasteiger partial charge in [0.1, 0.15) is 23.2 Å². The number of nitrogens with zero attached hydrogens (tertiary/aromatic N) is 3. The van der Waals surface area contributed by atoms with Crippen molar-refractivity contribution in [1.29, 1.82) is 0 Å². The molecule has 0 unspecified atom stereocenters. The van der Waals surface area contributed by atoms with Crippen molar-refractivity contribution >= 4 is 28.4 Å². The van der Waals surface area contributed by atoms with Crippen LogP contribution >= 0.6 is 0 Å². The van der Waals surface area contributed by atoms with Crippen molar-refractivity contribution in [2.45, 2.75) is 0 Å². The maximum Gasteiger partial charge on any atom is 0.265 e. The lowest BCUT2D eigenvalue weighted by Crippen LogP contribution is -2.48. The predicted molar refractivity (Wildman–Crippen MR) is 125 cm³/mol. The number of nitrogens with one attached hydrogen (secondary N) is 3. The van der Waals surface area contributed by atoms with Crippen LogP contribution in [0.25, 0.3) is 22.3 Å². The summed E-state index contributed by atoms with van der Waals surface area (Å²) in [5.41, 5.74) is 5.06. The third-order valence-corrected chi connectivity index (χ3v) is 5.61. The largest absolute Gasteiger partial charge is 0.496 e. The van der Waals surface area contributed by atoms with E-state index in [1.54, 1.807) is 37.4 Å². The van der Waals surface area contributed by atoms with E-state index in [2.05, 4.69) is 25.9 Å². The fraction of sp³-hybridized carbons (Fsp3) is 0.208. The van der Waals surface area contributed by atoms with Gasteiger partial charge in [0.15, 0.2) is 5.65 Å². The van der Waals surface area contributed by atoms with Crippen LogP contribution in [-0.4, -0.2) is 59.5 Å². The van der Waals surface area contributed by atoms with E-state index in [0.717, 1.165) is 12.1 Å². The molecule has 3 N–H and O–H groups in total. The number of pyridine rings is 1. The number of morpholine rings is 1. The zero-order valence-corrected chi connectivity index (χ0v) is 18.8. The van der Waals surface area contributed by atoms with Crippen LogP contribution in [0.4, 0.5) is 20.3 Å². The number of methoxy groups -OCH3 is 1. The van der Waals surface area contributed by atoms with Gasteiger partial charge in [-0.1, -0.05) is 0 Å². The molecule has 1 fully saturated rings. The van der Waals surface area contributed by atoms with Gasteiger partial charge in [-0.3, -0.25) is 15.3 Å². The number of anilines is 2. The Morgan fingerprint density at radius 2 is 1.94 bits per heavy atom. The number of benzene rings is 2. The molecule has 2 aromatic heterocycles. The van der Waals surface area contributed by atoms with Crippen molar-refractivity contribution in [3.63, 3.8) is 0 Å². The second-order valence-electron chi connectivity index (χ2n) is 7.87. The Labute approximate surface area is 199 Å². The Morgan fingerprint density at radius 3 is 2.71 bits per heavy atom. The predicted octanol–water partition coefficient (Wildman–Crippen LogP) is 3.63. The van der Waals surface area contributed by atoms with E-state index in [1.165, 1.54) is 6.07 Å². The molecule has 0 spiro atoms. The summed E-state index contributed by atoms with van der Waals surface area (Å²) in [5.74, 6) is -0.749. The van der Waals surface area contributed by atoms with Gasteiger partial charge in [0.2, 0.25) is 0 Å². The summed E-state index contributed by atoms with van der Waals surface area (Å²) in [4.78, 5) is 17.2. The standard InChI is InChI=1S/C24H22F2N6O3/c1-34-20-6-2-14(24(33)31-32-8-10-35-11-9-32)12-17(20)22-16-4-7-21(28-23(16)30-29-22)27-19-5-3-15(25)13-18(19)26/h2-7,12-13H,8-11H2,1H3,(H,31,33)(H2,27,28,29,30). The second-order valence-corrected chi connectivity index (χ2v) is 7.87. The van der Waals surface area contributed by atoms with Crippen molar-refractivity contribution in [3.8, 4) is 17.0 Å². The van der Waals surface area contributed by atoms with Crippen LogP contribution in [0.2, 0.25) is 0 Å². The highest BCUT2D eigenvalue weighted by Gasteiger charge is 2.19. The van der Waals surface area contributed by atoms with Crippen molar-refractivity contribution in [2.75, 3.05) is 38.7 Å². The Morgan fingerprint density at radius 1 is 1.11 bits per heavy atom. The lowest BCUT2D eigenvalue weighted by molar-refractivity contribution is 0.0126. The van der Waals surface area contributed by atoms with Crippen LogP contribution in [-0.2, 0) is 4.74 Å². The summed E-state index contributed by atoms with van der Waals surface area (Å²) < 4.78 is 38.0. The zero-order chi connectivity index (χ0) is 24.4. The second kappa shape index (κ2) is 9.65.